The summed E-state index contributed by atoms with van der Waals surface area (Å²) in [5.74, 6) is 0.991. The lowest BCUT2D eigenvalue weighted by Crippen LogP contribution is -3.00. The summed E-state index contributed by atoms with van der Waals surface area (Å²) < 4.78 is 5.30. The minimum absolute atomic E-state index is 0. The van der Waals surface area contributed by atoms with Crippen molar-refractivity contribution >= 4 is 12.0 Å². The van der Waals surface area contributed by atoms with E-state index in [1.165, 1.54) is 0 Å². The number of carbonyl (C=O) groups excluding carboxylic acids is 1. The Kier molecular flexibility index (Phi) is 3.73. The molecule has 96 valence electrons. The number of likely N-dealkylation sites (N-methyl/N-ethyl adjacent to an activating group) is 1. The third kappa shape index (κ3) is 2.20. The summed E-state index contributed by atoms with van der Waals surface area (Å²) in [5.41, 5.74) is 0. The highest BCUT2D eigenvalue weighted by Gasteiger charge is 2.46. The Balaban J connectivity index is 0.00000108. The van der Waals surface area contributed by atoms with Crippen molar-refractivity contribution in [1.82, 2.24) is 15.1 Å². The van der Waals surface area contributed by atoms with Crippen LogP contribution in [0.5, 0.6) is 0 Å². The highest BCUT2D eigenvalue weighted by atomic mass is 127. The number of rotatable bonds is 0. The van der Waals surface area contributed by atoms with Crippen LogP contribution in [-0.4, -0.2) is 67.5 Å². The first-order chi connectivity index (χ1) is 7.75. The number of morpholine rings is 1. The second-order valence-electron chi connectivity index (χ2n) is 4.25. The lowest BCUT2D eigenvalue weighted by molar-refractivity contribution is -0.585. The lowest BCUT2D eigenvalue weighted by atomic mass is 10.4. The Bertz CT molecular complexity index is 344. The van der Waals surface area contributed by atoms with E-state index >= 15 is 0 Å². The number of hydrogen-bond acceptors (Lipinski definition) is 4. The Labute approximate surface area is 117 Å². The van der Waals surface area contributed by atoms with Crippen molar-refractivity contribution < 1.29 is 38.8 Å². The number of nitrogens with zero attached hydrogens (tertiary/aromatic N) is 3. The van der Waals surface area contributed by atoms with Gasteiger partial charge in [-0.15, -0.1) is 0 Å². The van der Waals surface area contributed by atoms with E-state index in [1.807, 2.05) is 5.32 Å². The molecule has 0 aromatic carbocycles. The maximum Gasteiger partial charge on any atom is 0.323 e. The van der Waals surface area contributed by atoms with E-state index in [-0.39, 0.29) is 42.3 Å². The van der Waals surface area contributed by atoms with Gasteiger partial charge in [0.1, 0.15) is 0 Å². The Hall–Kier alpha value is -0.610. The molecule has 0 radical (unpaired) electrons. The topological polar surface area (TPSA) is 73.8 Å². The van der Waals surface area contributed by atoms with Crippen molar-refractivity contribution in [1.29, 1.82) is 0 Å². The van der Waals surface area contributed by atoms with Gasteiger partial charge in [-0.25, -0.2) is 4.79 Å². The van der Waals surface area contributed by atoms with Crippen LogP contribution >= 0.6 is 0 Å². The number of ether oxygens (including phenoxy) is 1. The van der Waals surface area contributed by atoms with Gasteiger partial charge in [-0.3, -0.25) is 15.5 Å². The van der Waals surface area contributed by atoms with Gasteiger partial charge in [0.05, 0.1) is 13.2 Å². The lowest BCUT2D eigenvalue weighted by Gasteiger charge is -2.25. The number of amides is 2. The minimum atomic E-state index is -0.0645. The van der Waals surface area contributed by atoms with Gasteiger partial charge in [0.25, 0.3) is 0 Å². The summed E-state index contributed by atoms with van der Waals surface area (Å²) >= 11 is 0. The van der Waals surface area contributed by atoms with E-state index < -0.39 is 0 Å². The predicted molar refractivity (Wildman–Crippen MR) is 55.6 cm³/mol. The summed E-state index contributed by atoms with van der Waals surface area (Å²) in [5, 5.41) is 4.93. The summed E-state index contributed by atoms with van der Waals surface area (Å²) in [4.78, 5) is 19.8. The SMILES string of the molecule is CN1C(=O)NC2[NH2+]C(N3CCOCC3)=NC21.[I-]. The third-order valence-electron chi connectivity index (χ3n) is 3.26. The molecular weight excluding hydrogens is 337 g/mol. The van der Waals surface area contributed by atoms with Crippen LogP contribution in [-0.2, 0) is 4.74 Å². The molecule has 0 aromatic heterocycles. The van der Waals surface area contributed by atoms with Crippen LogP contribution in [0.4, 0.5) is 4.79 Å². The molecule has 3 rings (SSSR count). The zero-order valence-corrected chi connectivity index (χ0v) is 11.8. The maximum absolute atomic E-state index is 11.4. The number of guanidine groups is 1. The van der Waals surface area contributed by atoms with E-state index in [4.69, 9.17) is 4.74 Å². The van der Waals surface area contributed by atoms with Crippen molar-refractivity contribution in [2.24, 2.45) is 4.99 Å². The summed E-state index contributed by atoms with van der Waals surface area (Å²) in [6.07, 6.45) is -0.0271. The van der Waals surface area contributed by atoms with Crippen molar-refractivity contribution in [3.8, 4) is 0 Å². The molecule has 3 heterocycles. The minimum Gasteiger partial charge on any atom is -1.00 e. The molecule has 2 amide bonds. The van der Waals surface area contributed by atoms with Gasteiger partial charge in [-0.1, -0.05) is 0 Å². The maximum atomic E-state index is 11.4. The van der Waals surface area contributed by atoms with E-state index in [0.29, 0.717) is 0 Å². The van der Waals surface area contributed by atoms with Crippen LogP contribution < -0.4 is 34.6 Å². The zero-order valence-electron chi connectivity index (χ0n) is 9.60. The second-order valence-corrected chi connectivity index (χ2v) is 4.25. The average molecular weight is 353 g/mol. The van der Waals surface area contributed by atoms with Crippen molar-refractivity contribution in [2.45, 2.75) is 12.3 Å². The molecule has 2 fully saturated rings. The first-order valence-electron chi connectivity index (χ1n) is 5.54. The highest BCUT2D eigenvalue weighted by Crippen LogP contribution is 2.12. The number of urea groups is 1. The van der Waals surface area contributed by atoms with Crippen LogP contribution in [0.15, 0.2) is 4.99 Å². The highest BCUT2D eigenvalue weighted by molar-refractivity contribution is 5.80. The Morgan fingerprint density at radius 3 is 2.82 bits per heavy atom. The van der Waals surface area contributed by atoms with Crippen molar-refractivity contribution in [2.75, 3.05) is 33.4 Å². The number of halogens is 1. The predicted octanol–water partition coefficient (Wildman–Crippen LogP) is -5.44. The van der Waals surface area contributed by atoms with E-state index in [1.54, 1.807) is 11.9 Å². The fourth-order valence-electron chi connectivity index (χ4n) is 2.29. The molecule has 0 aromatic rings. The van der Waals surface area contributed by atoms with E-state index in [0.717, 1.165) is 32.3 Å². The van der Waals surface area contributed by atoms with E-state index in [9.17, 15) is 4.79 Å². The first kappa shape index (κ1) is 12.8. The third-order valence-corrected chi connectivity index (χ3v) is 3.26. The summed E-state index contributed by atoms with van der Waals surface area (Å²) in [7, 11) is 1.78. The number of fused-ring (bicyclic) bond motifs is 1. The summed E-state index contributed by atoms with van der Waals surface area (Å²) in [6.45, 7) is 3.27. The van der Waals surface area contributed by atoms with Gasteiger partial charge in [0.2, 0.25) is 12.3 Å². The van der Waals surface area contributed by atoms with Crippen LogP contribution in [0.1, 0.15) is 0 Å². The van der Waals surface area contributed by atoms with Crippen LogP contribution in [0, 0.1) is 0 Å². The molecule has 3 aliphatic rings. The molecule has 2 atom stereocenters. The van der Waals surface area contributed by atoms with Crippen LogP contribution in [0.3, 0.4) is 0 Å². The van der Waals surface area contributed by atoms with E-state index in [2.05, 4.69) is 15.2 Å². The zero-order chi connectivity index (χ0) is 11.1. The van der Waals surface area contributed by atoms with Gasteiger partial charge in [0, 0.05) is 20.1 Å². The summed E-state index contributed by atoms with van der Waals surface area (Å²) in [6, 6.07) is -0.0453. The number of carbonyl (C=O) groups is 1. The van der Waals surface area contributed by atoms with Crippen molar-refractivity contribution in [3.63, 3.8) is 0 Å². The molecule has 2 unspecified atom stereocenters. The number of quaternary nitrogens is 1. The number of aliphatic imine (C=N–C) groups is 1. The molecule has 7 nitrogen and oxygen atoms in total. The average Bonchev–Trinajstić information content (AvgIpc) is 2.82. The molecule has 3 aliphatic heterocycles. The first-order valence-corrected chi connectivity index (χ1v) is 5.54. The van der Waals surface area contributed by atoms with Crippen LogP contribution in [0.25, 0.3) is 0 Å². The number of nitrogens with one attached hydrogen (secondary N) is 1. The molecule has 0 spiro atoms. The molecule has 17 heavy (non-hydrogen) atoms. The molecule has 8 heteroatoms. The largest absolute Gasteiger partial charge is 1.00 e. The molecule has 3 N–H and O–H groups in total. The standard InChI is InChI=1S/C9H15N5O2.HI/c1-13-7-6(11-9(13)15)10-8(12-7)14-2-4-16-5-3-14;/h6-7H,2-5H2,1H3,(H,10,12)(H,11,15);1H. The second kappa shape index (κ2) is 4.94. The van der Waals surface area contributed by atoms with Gasteiger partial charge >= 0.3 is 12.0 Å². The smallest absolute Gasteiger partial charge is 0.323 e. The molecular formula is C9H16IN5O2. The molecule has 2 saturated heterocycles. The fourth-order valence-corrected chi connectivity index (χ4v) is 2.29. The molecule has 0 aliphatic carbocycles. The fraction of sp³-hybridized carbons (Fsp3) is 0.778. The van der Waals surface area contributed by atoms with Crippen LogP contribution in [0.2, 0.25) is 0 Å². The number of nitrogens with two attached hydrogens (primary N) is 1. The Morgan fingerprint density at radius 2 is 2.18 bits per heavy atom. The Morgan fingerprint density at radius 1 is 1.47 bits per heavy atom. The van der Waals surface area contributed by atoms with Gasteiger partial charge in [-0.2, -0.15) is 4.99 Å². The number of hydrogen-bond donors (Lipinski definition) is 2. The van der Waals surface area contributed by atoms with Gasteiger partial charge < -0.3 is 33.6 Å². The molecule has 0 saturated carbocycles. The molecule has 0 bridgehead atoms. The monoisotopic (exact) mass is 353 g/mol. The quantitative estimate of drug-likeness (QED) is 0.427. The normalized spacial score (nSPS) is 31.8. The van der Waals surface area contributed by atoms with Gasteiger partial charge in [-0.05, 0) is 0 Å². The van der Waals surface area contributed by atoms with Gasteiger partial charge in [0.15, 0.2) is 0 Å². The van der Waals surface area contributed by atoms with Crippen molar-refractivity contribution in [3.05, 3.63) is 0 Å².